The first-order valence-electron chi connectivity index (χ1n) is 11.2. The zero-order valence-electron chi connectivity index (χ0n) is 19.2. The number of benzene rings is 1. The SMILES string of the molecule is CC(C)Nc1cc(-n2ncc3cc(C#N)cnc32)ncc1-n1cc(C[C@@H](O)c2ccccc2)nn1. The topological polar surface area (TPSA) is 130 Å². The van der Waals surface area contributed by atoms with Gasteiger partial charge < -0.3 is 10.4 Å². The van der Waals surface area contributed by atoms with Crippen LogP contribution in [0.1, 0.15) is 36.8 Å². The molecule has 0 aliphatic rings. The Morgan fingerprint density at radius 3 is 2.69 bits per heavy atom. The molecule has 0 spiro atoms. The van der Waals surface area contributed by atoms with Crippen molar-refractivity contribution in [3.05, 3.63) is 84.1 Å². The summed E-state index contributed by atoms with van der Waals surface area (Å²) in [6.07, 6.45) is 6.35. The van der Waals surface area contributed by atoms with Crippen molar-refractivity contribution in [1.82, 2.24) is 34.7 Å². The molecule has 0 aliphatic heterocycles. The van der Waals surface area contributed by atoms with E-state index < -0.39 is 6.10 Å². The van der Waals surface area contributed by atoms with E-state index in [0.717, 1.165) is 16.6 Å². The zero-order chi connectivity index (χ0) is 24.4. The van der Waals surface area contributed by atoms with Gasteiger partial charge >= 0.3 is 0 Å². The molecule has 0 amide bonds. The largest absolute Gasteiger partial charge is 0.388 e. The lowest BCUT2D eigenvalue weighted by Gasteiger charge is -2.15. The van der Waals surface area contributed by atoms with E-state index in [1.807, 2.05) is 50.2 Å². The van der Waals surface area contributed by atoms with Gasteiger partial charge in [0, 0.05) is 30.1 Å². The molecule has 0 radical (unpaired) electrons. The Hall–Kier alpha value is -4.62. The van der Waals surface area contributed by atoms with Crippen LogP contribution < -0.4 is 5.32 Å². The molecule has 0 unspecified atom stereocenters. The van der Waals surface area contributed by atoms with Gasteiger partial charge in [0.2, 0.25) is 0 Å². The predicted molar refractivity (Wildman–Crippen MR) is 130 cm³/mol. The molecule has 1 aromatic carbocycles. The summed E-state index contributed by atoms with van der Waals surface area (Å²) in [4.78, 5) is 8.98. The summed E-state index contributed by atoms with van der Waals surface area (Å²) in [6, 6.07) is 15.3. The lowest BCUT2D eigenvalue weighted by molar-refractivity contribution is 0.177. The summed E-state index contributed by atoms with van der Waals surface area (Å²) in [5.74, 6) is 0.573. The van der Waals surface area contributed by atoms with Crippen molar-refractivity contribution in [2.24, 2.45) is 0 Å². The van der Waals surface area contributed by atoms with Gasteiger partial charge in [0.1, 0.15) is 11.8 Å². The third-order valence-electron chi connectivity index (χ3n) is 5.44. The average Bonchev–Trinajstić information content (AvgIpc) is 3.50. The van der Waals surface area contributed by atoms with Crippen LogP contribution in [0.2, 0.25) is 0 Å². The highest BCUT2D eigenvalue weighted by Gasteiger charge is 2.16. The van der Waals surface area contributed by atoms with Gasteiger partial charge in [-0.3, -0.25) is 0 Å². The van der Waals surface area contributed by atoms with Crippen molar-refractivity contribution < 1.29 is 5.11 Å². The molecule has 0 fully saturated rings. The molecule has 1 atom stereocenters. The van der Waals surface area contributed by atoms with Crippen molar-refractivity contribution in [2.45, 2.75) is 32.4 Å². The molecule has 10 heteroatoms. The number of pyridine rings is 2. The zero-order valence-corrected chi connectivity index (χ0v) is 19.2. The Labute approximate surface area is 201 Å². The number of aliphatic hydroxyl groups excluding tert-OH is 1. The van der Waals surface area contributed by atoms with E-state index in [2.05, 4.69) is 36.8 Å². The number of rotatable bonds is 7. The maximum Gasteiger partial charge on any atom is 0.164 e. The predicted octanol–water partition coefficient (Wildman–Crippen LogP) is 3.36. The van der Waals surface area contributed by atoms with E-state index in [1.54, 1.807) is 34.0 Å². The van der Waals surface area contributed by atoms with Gasteiger partial charge in [0.15, 0.2) is 11.5 Å². The third kappa shape index (κ3) is 4.58. The second-order valence-electron chi connectivity index (χ2n) is 8.45. The van der Waals surface area contributed by atoms with Crippen LogP contribution in [-0.4, -0.2) is 45.9 Å². The fourth-order valence-corrected chi connectivity index (χ4v) is 3.81. The molecule has 0 saturated carbocycles. The van der Waals surface area contributed by atoms with Gasteiger partial charge in [-0.2, -0.15) is 15.0 Å². The van der Waals surface area contributed by atoms with Crippen LogP contribution in [0.5, 0.6) is 0 Å². The Morgan fingerprint density at radius 1 is 1.09 bits per heavy atom. The van der Waals surface area contributed by atoms with E-state index in [1.165, 1.54) is 6.20 Å². The van der Waals surface area contributed by atoms with Gasteiger partial charge in [-0.15, -0.1) is 5.10 Å². The van der Waals surface area contributed by atoms with E-state index in [9.17, 15) is 5.11 Å². The van der Waals surface area contributed by atoms with Crippen molar-refractivity contribution in [3.8, 4) is 17.6 Å². The fourth-order valence-electron chi connectivity index (χ4n) is 3.81. The molecule has 5 aromatic rings. The van der Waals surface area contributed by atoms with E-state index >= 15 is 0 Å². The van der Waals surface area contributed by atoms with E-state index in [-0.39, 0.29) is 6.04 Å². The van der Waals surface area contributed by atoms with Crippen molar-refractivity contribution in [1.29, 1.82) is 5.26 Å². The normalized spacial score (nSPS) is 12.1. The smallest absolute Gasteiger partial charge is 0.164 e. The van der Waals surface area contributed by atoms with Gasteiger partial charge in [-0.1, -0.05) is 35.5 Å². The molecular weight excluding hydrogens is 442 g/mol. The standard InChI is InChI=1S/C25H23N9O/c1-16(2)30-21-10-24(34-25-19(13-29-34)8-17(11-26)12-28-25)27-14-22(21)33-15-20(31-32-33)9-23(35)18-6-4-3-5-7-18/h3-8,10,12-16,23,35H,9H2,1-2H3,(H,27,30)/t23-/m1/s1. The molecule has 0 saturated heterocycles. The minimum atomic E-state index is -0.669. The molecule has 4 aromatic heterocycles. The first kappa shape index (κ1) is 22.2. The summed E-state index contributed by atoms with van der Waals surface area (Å²) in [6.45, 7) is 4.09. The minimum Gasteiger partial charge on any atom is -0.388 e. The average molecular weight is 466 g/mol. The molecular formula is C25H23N9O. The number of anilines is 1. The molecule has 5 rings (SSSR count). The number of nitrogens with zero attached hydrogens (tertiary/aromatic N) is 8. The fraction of sp³-hybridized carbons (Fsp3) is 0.200. The maximum absolute atomic E-state index is 10.6. The molecule has 4 heterocycles. The molecule has 174 valence electrons. The monoisotopic (exact) mass is 465 g/mol. The molecule has 35 heavy (non-hydrogen) atoms. The summed E-state index contributed by atoms with van der Waals surface area (Å²) < 4.78 is 3.28. The number of aromatic nitrogens is 7. The lowest BCUT2D eigenvalue weighted by atomic mass is 10.1. The molecule has 0 aliphatic carbocycles. The van der Waals surface area contributed by atoms with Gasteiger partial charge in [-0.25, -0.2) is 14.6 Å². The van der Waals surface area contributed by atoms with Crippen LogP contribution in [0.25, 0.3) is 22.5 Å². The van der Waals surface area contributed by atoms with E-state index in [4.69, 9.17) is 5.26 Å². The summed E-state index contributed by atoms with van der Waals surface area (Å²) >= 11 is 0. The van der Waals surface area contributed by atoms with Gasteiger partial charge in [-0.05, 0) is 25.5 Å². The van der Waals surface area contributed by atoms with Crippen LogP contribution in [0.15, 0.2) is 67.3 Å². The van der Waals surface area contributed by atoms with Crippen LogP contribution in [0, 0.1) is 11.3 Å². The number of hydrogen-bond acceptors (Lipinski definition) is 8. The first-order chi connectivity index (χ1) is 17.0. The van der Waals surface area contributed by atoms with Crippen LogP contribution in [-0.2, 0) is 6.42 Å². The van der Waals surface area contributed by atoms with E-state index in [0.29, 0.717) is 34.8 Å². The Balaban J connectivity index is 1.47. The van der Waals surface area contributed by atoms with Gasteiger partial charge in [0.05, 0.1) is 41.6 Å². The van der Waals surface area contributed by atoms with Crippen LogP contribution in [0.4, 0.5) is 5.69 Å². The molecule has 0 bridgehead atoms. The van der Waals surface area contributed by atoms with Gasteiger partial charge in [0.25, 0.3) is 0 Å². The highest BCUT2D eigenvalue weighted by molar-refractivity contribution is 5.77. The Bertz CT molecular complexity index is 1520. The van der Waals surface area contributed by atoms with Crippen molar-refractivity contribution in [2.75, 3.05) is 5.32 Å². The number of fused-ring (bicyclic) bond motifs is 1. The highest BCUT2D eigenvalue weighted by Crippen LogP contribution is 2.25. The Kier molecular flexibility index (Phi) is 5.91. The summed E-state index contributed by atoms with van der Waals surface area (Å²) in [5.41, 5.74) is 4.09. The van der Waals surface area contributed by atoms with Crippen LogP contribution in [0.3, 0.4) is 0 Å². The van der Waals surface area contributed by atoms with Crippen molar-refractivity contribution >= 4 is 16.7 Å². The number of aliphatic hydroxyl groups is 1. The molecule has 10 nitrogen and oxygen atoms in total. The number of nitrogens with one attached hydrogen (secondary N) is 1. The number of hydrogen-bond donors (Lipinski definition) is 2. The lowest BCUT2D eigenvalue weighted by Crippen LogP contribution is -2.14. The summed E-state index contributed by atoms with van der Waals surface area (Å²) in [7, 11) is 0. The molecule has 2 N–H and O–H groups in total. The first-order valence-corrected chi connectivity index (χ1v) is 11.2. The second kappa shape index (κ2) is 9.32. The highest BCUT2D eigenvalue weighted by atomic mass is 16.3. The van der Waals surface area contributed by atoms with Crippen molar-refractivity contribution in [3.63, 3.8) is 0 Å². The second-order valence-corrected chi connectivity index (χ2v) is 8.45. The van der Waals surface area contributed by atoms with Crippen LogP contribution >= 0.6 is 0 Å². The minimum absolute atomic E-state index is 0.151. The third-order valence-corrected chi connectivity index (χ3v) is 5.44. The Morgan fingerprint density at radius 2 is 1.91 bits per heavy atom. The maximum atomic E-state index is 10.6. The summed E-state index contributed by atoms with van der Waals surface area (Å²) in [5, 5.41) is 36.8. The number of nitriles is 1. The quantitative estimate of drug-likeness (QED) is 0.374.